The molecule has 1 heterocycles. The minimum absolute atomic E-state index is 0.116. The monoisotopic (exact) mass is 392 g/mol. The summed E-state index contributed by atoms with van der Waals surface area (Å²) in [6.45, 7) is 1.94. The van der Waals surface area contributed by atoms with Crippen molar-refractivity contribution in [2.24, 2.45) is 0 Å². The van der Waals surface area contributed by atoms with Crippen LogP contribution in [0.4, 0.5) is 5.69 Å². The Labute approximate surface area is 167 Å². The molecule has 0 saturated heterocycles. The van der Waals surface area contributed by atoms with Crippen molar-refractivity contribution in [2.75, 3.05) is 5.32 Å². The molecule has 1 fully saturated rings. The van der Waals surface area contributed by atoms with E-state index in [9.17, 15) is 9.59 Å². The largest absolute Gasteiger partial charge is 0.346 e. The van der Waals surface area contributed by atoms with Crippen molar-refractivity contribution >= 4 is 28.8 Å². The van der Waals surface area contributed by atoms with Gasteiger partial charge in [-0.3, -0.25) is 9.59 Å². The lowest BCUT2D eigenvalue weighted by Gasteiger charge is -2.14. The molecule has 142 valence electrons. The zero-order valence-electron chi connectivity index (χ0n) is 15.4. The van der Waals surface area contributed by atoms with E-state index in [1.54, 1.807) is 24.3 Å². The quantitative estimate of drug-likeness (QED) is 0.660. The van der Waals surface area contributed by atoms with Gasteiger partial charge in [-0.1, -0.05) is 47.7 Å². The number of carbonyl (C=O) groups is 2. The van der Waals surface area contributed by atoms with Crippen molar-refractivity contribution in [3.8, 4) is 0 Å². The summed E-state index contributed by atoms with van der Waals surface area (Å²) in [5.74, 6) is -0.0309. The standard InChI is InChI=1S/C21H20N4O2S/c1-13(14-6-3-2-4-7-14)22-18(26)16-8-5-9-17(12-16)23-19(27)21-25-24-20(28-21)15-10-11-15/h2-9,12-13,15H,10-11H2,1H3,(H,22,26)(H,23,27)/t13-/m0/s1. The molecular formula is C21H20N4O2S. The van der Waals surface area contributed by atoms with Crippen LogP contribution in [0.1, 0.15) is 62.5 Å². The lowest BCUT2D eigenvalue weighted by molar-refractivity contribution is 0.0938. The Morgan fingerprint density at radius 1 is 1.04 bits per heavy atom. The van der Waals surface area contributed by atoms with Gasteiger partial charge in [0.05, 0.1) is 6.04 Å². The molecule has 2 amide bonds. The second kappa shape index (κ2) is 7.90. The van der Waals surface area contributed by atoms with Crippen LogP contribution in [-0.4, -0.2) is 22.0 Å². The average molecular weight is 392 g/mol. The predicted octanol–water partition coefficient (Wildman–Crippen LogP) is 4.16. The maximum absolute atomic E-state index is 12.6. The van der Waals surface area contributed by atoms with Crippen LogP contribution in [0, 0.1) is 0 Å². The lowest BCUT2D eigenvalue weighted by atomic mass is 10.1. The van der Waals surface area contributed by atoms with Crippen molar-refractivity contribution in [1.29, 1.82) is 0 Å². The highest BCUT2D eigenvalue weighted by Crippen LogP contribution is 2.41. The minimum Gasteiger partial charge on any atom is -0.346 e. The SMILES string of the molecule is C[C@H](NC(=O)c1cccc(NC(=O)c2nnc(C3CC3)s2)c1)c1ccccc1. The van der Waals surface area contributed by atoms with E-state index in [0.717, 1.165) is 23.4 Å². The van der Waals surface area contributed by atoms with E-state index in [-0.39, 0.29) is 17.9 Å². The number of rotatable bonds is 6. The van der Waals surface area contributed by atoms with Gasteiger partial charge in [-0.2, -0.15) is 0 Å². The highest BCUT2D eigenvalue weighted by molar-refractivity contribution is 7.13. The second-order valence-corrected chi connectivity index (χ2v) is 7.87. The molecule has 2 aromatic carbocycles. The van der Waals surface area contributed by atoms with E-state index in [1.807, 2.05) is 37.3 Å². The fourth-order valence-corrected chi connectivity index (χ4v) is 3.76. The number of hydrogen-bond acceptors (Lipinski definition) is 5. The summed E-state index contributed by atoms with van der Waals surface area (Å²) < 4.78 is 0. The summed E-state index contributed by atoms with van der Waals surface area (Å²) in [5.41, 5.74) is 2.06. The number of nitrogens with zero attached hydrogens (tertiary/aromatic N) is 2. The Balaban J connectivity index is 1.41. The first kappa shape index (κ1) is 18.3. The van der Waals surface area contributed by atoms with Crippen LogP contribution < -0.4 is 10.6 Å². The number of benzene rings is 2. The van der Waals surface area contributed by atoms with E-state index in [1.165, 1.54) is 11.3 Å². The first-order valence-corrected chi connectivity index (χ1v) is 10.0. The molecule has 28 heavy (non-hydrogen) atoms. The minimum atomic E-state index is -0.306. The molecule has 1 aliphatic rings. The topological polar surface area (TPSA) is 84.0 Å². The van der Waals surface area contributed by atoms with E-state index in [4.69, 9.17) is 0 Å². The molecule has 0 bridgehead atoms. The summed E-state index contributed by atoms with van der Waals surface area (Å²) in [6, 6.07) is 16.5. The average Bonchev–Trinajstić information content (AvgIpc) is 3.45. The first-order chi connectivity index (χ1) is 13.6. The van der Waals surface area contributed by atoms with Gasteiger partial charge in [-0.25, -0.2) is 0 Å². The molecule has 1 aromatic heterocycles. The van der Waals surface area contributed by atoms with Crippen LogP contribution in [-0.2, 0) is 0 Å². The molecule has 6 nitrogen and oxygen atoms in total. The third-order valence-corrected chi connectivity index (χ3v) is 5.68. The number of nitrogens with one attached hydrogen (secondary N) is 2. The Hall–Kier alpha value is -3.06. The summed E-state index contributed by atoms with van der Waals surface area (Å²) in [5, 5.41) is 15.1. The molecule has 1 aliphatic carbocycles. The van der Waals surface area contributed by atoms with Crippen molar-refractivity contribution in [3.05, 3.63) is 75.7 Å². The maximum Gasteiger partial charge on any atom is 0.286 e. The van der Waals surface area contributed by atoms with E-state index < -0.39 is 0 Å². The van der Waals surface area contributed by atoms with E-state index in [0.29, 0.717) is 22.2 Å². The van der Waals surface area contributed by atoms with Gasteiger partial charge >= 0.3 is 0 Å². The van der Waals surface area contributed by atoms with E-state index in [2.05, 4.69) is 20.8 Å². The van der Waals surface area contributed by atoms with Crippen LogP contribution in [0.15, 0.2) is 54.6 Å². The number of carbonyl (C=O) groups excluding carboxylic acids is 2. The molecule has 7 heteroatoms. The normalized spacial score (nSPS) is 14.3. The summed E-state index contributed by atoms with van der Waals surface area (Å²) >= 11 is 1.33. The molecule has 0 unspecified atom stereocenters. The van der Waals surface area contributed by atoms with Crippen LogP contribution in [0.2, 0.25) is 0 Å². The highest BCUT2D eigenvalue weighted by Gasteiger charge is 2.28. The zero-order valence-corrected chi connectivity index (χ0v) is 16.2. The third kappa shape index (κ3) is 4.26. The maximum atomic E-state index is 12.6. The van der Waals surface area contributed by atoms with Gasteiger partial charge in [-0.15, -0.1) is 10.2 Å². The molecule has 1 atom stereocenters. The number of hydrogen-bond donors (Lipinski definition) is 2. The van der Waals surface area contributed by atoms with Gasteiger partial charge in [0.15, 0.2) is 0 Å². The van der Waals surface area contributed by atoms with Gasteiger partial charge in [-0.05, 0) is 43.5 Å². The molecule has 0 spiro atoms. The van der Waals surface area contributed by atoms with E-state index >= 15 is 0 Å². The Morgan fingerprint density at radius 3 is 2.57 bits per heavy atom. The van der Waals surface area contributed by atoms with Crippen molar-refractivity contribution in [1.82, 2.24) is 15.5 Å². The fraction of sp³-hybridized carbons (Fsp3) is 0.238. The molecule has 4 rings (SSSR count). The van der Waals surface area contributed by atoms with Gasteiger partial charge in [0, 0.05) is 17.2 Å². The second-order valence-electron chi connectivity index (χ2n) is 6.86. The Bertz CT molecular complexity index is 998. The summed E-state index contributed by atoms with van der Waals surface area (Å²) in [6.07, 6.45) is 2.24. The number of aromatic nitrogens is 2. The smallest absolute Gasteiger partial charge is 0.286 e. The summed E-state index contributed by atoms with van der Waals surface area (Å²) in [4.78, 5) is 25.0. The highest BCUT2D eigenvalue weighted by atomic mass is 32.1. The van der Waals surface area contributed by atoms with Crippen LogP contribution in [0.25, 0.3) is 0 Å². The summed E-state index contributed by atoms with van der Waals surface area (Å²) in [7, 11) is 0. The van der Waals surface area contributed by atoms with Gasteiger partial charge in [0.2, 0.25) is 5.01 Å². The van der Waals surface area contributed by atoms with Crippen molar-refractivity contribution in [3.63, 3.8) is 0 Å². The fourth-order valence-electron chi connectivity index (χ4n) is 2.85. The number of anilines is 1. The van der Waals surface area contributed by atoms with Crippen LogP contribution in [0.5, 0.6) is 0 Å². The van der Waals surface area contributed by atoms with Gasteiger partial charge in [0.25, 0.3) is 11.8 Å². The Kier molecular flexibility index (Phi) is 5.16. The van der Waals surface area contributed by atoms with Crippen molar-refractivity contribution < 1.29 is 9.59 Å². The van der Waals surface area contributed by atoms with Crippen LogP contribution >= 0.6 is 11.3 Å². The lowest BCUT2D eigenvalue weighted by Crippen LogP contribution is -2.26. The molecule has 0 radical (unpaired) electrons. The third-order valence-electron chi connectivity index (χ3n) is 4.59. The molecule has 3 aromatic rings. The molecule has 1 saturated carbocycles. The molecular weight excluding hydrogens is 372 g/mol. The zero-order chi connectivity index (χ0) is 19.5. The van der Waals surface area contributed by atoms with Gasteiger partial charge in [0.1, 0.15) is 5.01 Å². The Morgan fingerprint density at radius 2 is 1.82 bits per heavy atom. The molecule has 2 N–H and O–H groups in total. The first-order valence-electron chi connectivity index (χ1n) is 9.21. The molecule has 0 aliphatic heterocycles. The van der Waals surface area contributed by atoms with Crippen molar-refractivity contribution in [2.45, 2.75) is 31.7 Å². The predicted molar refractivity (Wildman–Crippen MR) is 109 cm³/mol. The van der Waals surface area contributed by atoms with Crippen LogP contribution in [0.3, 0.4) is 0 Å². The van der Waals surface area contributed by atoms with Gasteiger partial charge < -0.3 is 10.6 Å². The number of amides is 2.